The Kier molecular flexibility index (Phi) is 3.01. The van der Waals surface area contributed by atoms with Crippen LogP contribution in [0, 0.1) is 12.8 Å². The van der Waals surface area contributed by atoms with E-state index in [1.807, 2.05) is 0 Å². The molecule has 2 heteroatoms. The fraction of sp³-hybridized carbons (Fsp3) is 0.429. The fourth-order valence-corrected chi connectivity index (χ4v) is 1.86. The maximum absolute atomic E-state index is 6.16. The molecular weight excluding hydrogens is 198 g/mol. The van der Waals surface area contributed by atoms with Crippen molar-refractivity contribution in [2.75, 3.05) is 0 Å². The van der Waals surface area contributed by atoms with Crippen molar-refractivity contribution in [3.63, 3.8) is 0 Å². The van der Waals surface area contributed by atoms with Crippen LogP contribution in [0.25, 0.3) is 11.0 Å². The van der Waals surface area contributed by atoms with Crippen molar-refractivity contribution < 1.29 is 4.42 Å². The summed E-state index contributed by atoms with van der Waals surface area (Å²) < 4.78 is 5.81. The summed E-state index contributed by atoms with van der Waals surface area (Å²) in [6, 6.07) is 8.29. The Balaban J connectivity index is 2.39. The first kappa shape index (κ1) is 11.2. The van der Waals surface area contributed by atoms with Gasteiger partial charge in [0, 0.05) is 5.39 Å². The van der Waals surface area contributed by atoms with Gasteiger partial charge in [-0.2, -0.15) is 0 Å². The third-order valence-corrected chi connectivity index (χ3v) is 3.28. The maximum Gasteiger partial charge on any atom is 0.134 e. The molecule has 1 aromatic heterocycles. The number of furan rings is 1. The summed E-state index contributed by atoms with van der Waals surface area (Å²) in [5.41, 5.74) is 8.31. The van der Waals surface area contributed by atoms with Crippen LogP contribution in [0.1, 0.15) is 37.6 Å². The number of hydrogen-bond donors (Lipinski definition) is 1. The Morgan fingerprint density at radius 1 is 1.31 bits per heavy atom. The lowest BCUT2D eigenvalue weighted by Gasteiger charge is -2.15. The van der Waals surface area contributed by atoms with E-state index in [2.05, 4.69) is 45.0 Å². The monoisotopic (exact) mass is 217 g/mol. The van der Waals surface area contributed by atoms with Crippen molar-refractivity contribution in [3.05, 3.63) is 35.6 Å². The average molecular weight is 217 g/mol. The lowest BCUT2D eigenvalue weighted by molar-refractivity contribution is 0.388. The van der Waals surface area contributed by atoms with Crippen LogP contribution in [0.15, 0.2) is 28.7 Å². The molecule has 0 saturated heterocycles. The van der Waals surface area contributed by atoms with E-state index in [1.165, 1.54) is 5.56 Å². The molecule has 0 bridgehead atoms. The summed E-state index contributed by atoms with van der Waals surface area (Å²) in [4.78, 5) is 0. The van der Waals surface area contributed by atoms with Gasteiger partial charge in [-0.25, -0.2) is 0 Å². The van der Waals surface area contributed by atoms with Crippen molar-refractivity contribution in [1.29, 1.82) is 0 Å². The summed E-state index contributed by atoms with van der Waals surface area (Å²) in [6.07, 6.45) is 1.07. The third kappa shape index (κ3) is 1.98. The molecule has 0 saturated carbocycles. The van der Waals surface area contributed by atoms with Crippen LogP contribution in [-0.4, -0.2) is 0 Å². The molecule has 0 aliphatic rings. The van der Waals surface area contributed by atoms with Gasteiger partial charge in [0.05, 0.1) is 6.04 Å². The fourth-order valence-electron chi connectivity index (χ4n) is 1.86. The highest BCUT2D eigenvalue weighted by Crippen LogP contribution is 2.28. The zero-order chi connectivity index (χ0) is 11.7. The number of hydrogen-bond acceptors (Lipinski definition) is 2. The number of benzene rings is 1. The van der Waals surface area contributed by atoms with Crippen LogP contribution in [0.4, 0.5) is 0 Å². The van der Waals surface area contributed by atoms with E-state index in [0.29, 0.717) is 5.92 Å². The van der Waals surface area contributed by atoms with Crippen LogP contribution in [0.2, 0.25) is 0 Å². The number of aryl methyl sites for hydroxylation is 1. The Bertz CT molecular complexity index is 486. The minimum Gasteiger partial charge on any atom is -0.459 e. The third-order valence-electron chi connectivity index (χ3n) is 3.28. The van der Waals surface area contributed by atoms with Crippen molar-refractivity contribution in [3.8, 4) is 0 Å². The van der Waals surface area contributed by atoms with Gasteiger partial charge in [-0.05, 0) is 30.5 Å². The molecule has 2 rings (SSSR count). The number of fused-ring (bicyclic) bond motifs is 1. The molecule has 0 radical (unpaired) electrons. The molecule has 1 unspecified atom stereocenters. The second-order valence-corrected chi connectivity index (χ2v) is 4.60. The van der Waals surface area contributed by atoms with E-state index in [1.54, 1.807) is 0 Å². The lowest BCUT2D eigenvalue weighted by atomic mass is 9.98. The summed E-state index contributed by atoms with van der Waals surface area (Å²) in [5.74, 6) is 1.34. The van der Waals surface area contributed by atoms with E-state index in [-0.39, 0.29) is 6.04 Å². The molecule has 86 valence electrons. The number of nitrogens with two attached hydrogens (primary N) is 1. The average Bonchev–Trinajstić information content (AvgIpc) is 2.69. The largest absolute Gasteiger partial charge is 0.459 e. The van der Waals surface area contributed by atoms with Gasteiger partial charge in [-0.3, -0.25) is 0 Å². The Labute approximate surface area is 96.4 Å². The van der Waals surface area contributed by atoms with Crippen LogP contribution >= 0.6 is 0 Å². The zero-order valence-corrected chi connectivity index (χ0v) is 10.2. The Morgan fingerprint density at radius 2 is 2.06 bits per heavy atom. The highest BCUT2D eigenvalue weighted by atomic mass is 16.3. The van der Waals surface area contributed by atoms with Gasteiger partial charge in [0.25, 0.3) is 0 Å². The Hall–Kier alpha value is -1.28. The highest BCUT2D eigenvalue weighted by molar-refractivity contribution is 5.78. The molecule has 0 fully saturated rings. The Morgan fingerprint density at radius 3 is 2.75 bits per heavy atom. The van der Waals surface area contributed by atoms with Gasteiger partial charge in [0.15, 0.2) is 0 Å². The van der Waals surface area contributed by atoms with E-state index < -0.39 is 0 Å². The van der Waals surface area contributed by atoms with Crippen molar-refractivity contribution in [2.24, 2.45) is 11.7 Å². The minimum atomic E-state index is -0.00212. The molecule has 0 aliphatic heterocycles. The SMILES string of the molecule is CCC(C)[C@@H](N)c1cc2ccc(C)cc2o1. The van der Waals surface area contributed by atoms with Crippen LogP contribution in [-0.2, 0) is 0 Å². The number of rotatable bonds is 3. The van der Waals surface area contributed by atoms with Crippen LogP contribution in [0.3, 0.4) is 0 Å². The molecule has 2 atom stereocenters. The molecule has 0 aliphatic carbocycles. The van der Waals surface area contributed by atoms with Crippen LogP contribution < -0.4 is 5.73 Å². The first-order valence-corrected chi connectivity index (χ1v) is 5.87. The highest BCUT2D eigenvalue weighted by Gasteiger charge is 2.17. The molecule has 0 spiro atoms. The van der Waals surface area contributed by atoms with Crippen molar-refractivity contribution >= 4 is 11.0 Å². The second-order valence-electron chi connectivity index (χ2n) is 4.60. The van der Waals surface area contributed by atoms with E-state index in [0.717, 1.165) is 23.2 Å². The molecule has 2 aromatic rings. The normalized spacial score (nSPS) is 15.2. The first-order chi connectivity index (χ1) is 7.61. The van der Waals surface area contributed by atoms with Gasteiger partial charge < -0.3 is 10.2 Å². The molecule has 2 nitrogen and oxygen atoms in total. The van der Waals surface area contributed by atoms with Gasteiger partial charge in [0.2, 0.25) is 0 Å². The molecule has 16 heavy (non-hydrogen) atoms. The molecule has 2 N–H and O–H groups in total. The molecular formula is C14H19NO. The summed E-state index contributed by atoms with van der Waals surface area (Å²) in [5, 5.41) is 1.14. The molecule has 0 amide bonds. The predicted octanol–water partition coefficient (Wildman–Crippen LogP) is 3.79. The summed E-state index contributed by atoms with van der Waals surface area (Å²) in [6.45, 7) is 6.37. The van der Waals surface area contributed by atoms with E-state index in [9.17, 15) is 0 Å². The molecule has 1 heterocycles. The minimum absolute atomic E-state index is 0.00212. The smallest absolute Gasteiger partial charge is 0.134 e. The predicted molar refractivity (Wildman–Crippen MR) is 67.3 cm³/mol. The van der Waals surface area contributed by atoms with Gasteiger partial charge >= 0.3 is 0 Å². The van der Waals surface area contributed by atoms with Gasteiger partial charge in [-0.15, -0.1) is 0 Å². The first-order valence-electron chi connectivity index (χ1n) is 5.87. The standard InChI is InChI=1S/C14H19NO/c1-4-10(3)14(15)13-8-11-6-5-9(2)7-12(11)16-13/h5-8,10,14H,4,15H2,1-3H3/t10?,14-/m1/s1. The topological polar surface area (TPSA) is 39.2 Å². The summed E-state index contributed by atoms with van der Waals surface area (Å²) >= 11 is 0. The van der Waals surface area contributed by atoms with Crippen molar-refractivity contribution in [2.45, 2.75) is 33.2 Å². The van der Waals surface area contributed by atoms with Crippen LogP contribution in [0.5, 0.6) is 0 Å². The lowest BCUT2D eigenvalue weighted by Crippen LogP contribution is -2.17. The van der Waals surface area contributed by atoms with Gasteiger partial charge in [-0.1, -0.05) is 32.4 Å². The quantitative estimate of drug-likeness (QED) is 0.849. The summed E-state index contributed by atoms with van der Waals surface area (Å²) in [7, 11) is 0. The van der Waals surface area contributed by atoms with Crippen molar-refractivity contribution in [1.82, 2.24) is 0 Å². The second kappa shape index (κ2) is 4.30. The van der Waals surface area contributed by atoms with Gasteiger partial charge in [0.1, 0.15) is 11.3 Å². The zero-order valence-electron chi connectivity index (χ0n) is 10.2. The van der Waals surface area contributed by atoms with E-state index in [4.69, 9.17) is 10.2 Å². The van der Waals surface area contributed by atoms with E-state index >= 15 is 0 Å². The maximum atomic E-state index is 6.16. The molecule has 1 aromatic carbocycles.